The zero-order valence-electron chi connectivity index (χ0n) is 8.84. The summed E-state index contributed by atoms with van der Waals surface area (Å²) in [6.45, 7) is 3.06. The first-order valence-corrected chi connectivity index (χ1v) is 5.16. The Morgan fingerprint density at radius 3 is 2.79 bits per heavy atom. The number of hydrogen-bond acceptors (Lipinski definition) is 2. The summed E-state index contributed by atoms with van der Waals surface area (Å²) < 4.78 is 5.22. The van der Waals surface area contributed by atoms with Crippen molar-refractivity contribution in [1.82, 2.24) is 5.32 Å². The molecule has 1 saturated carbocycles. The van der Waals surface area contributed by atoms with Crippen LogP contribution in [0.3, 0.4) is 0 Å². The molecule has 2 nitrogen and oxygen atoms in total. The molecule has 0 aliphatic heterocycles. The average molecular weight is 191 g/mol. The number of rotatable bonds is 4. The zero-order chi connectivity index (χ0) is 9.97. The lowest BCUT2D eigenvalue weighted by Crippen LogP contribution is -2.15. The summed E-state index contributed by atoms with van der Waals surface area (Å²) in [7, 11) is 1.71. The minimum Gasteiger partial charge on any atom is -0.496 e. The molecule has 14 heavy (non-hydrogen) atoms. The van der Waals surface area contributed by atoms with E-state index in [9.17, 15) is 0 Å². The normalized spacial score (nSPS) is 15.6. The highest BCUT2D eigenvalue weighted by Gasteiger charge is 2.19. The number of benzene rings is 1. The van der Waals surface area contributed by atoms with Crippen LogP contribution in [-0.4, -0.2) is 13.2 Å². The Bertz CT molecular complexity index is 318. The first kappa shape index (κ1) is 9.53. The van der Waals surface area contributed by atoms with Gasteiger partial charge in [0.15, 0.2) is 0 Å². The number of methoxy groups -OCH3 is 1. The Morgan fingerprint density at radius 1 is 1.43 bits per heavy atom. The Balaban J connectivity index is 1.99. The van der Waals surface area contributed by atoms with Crippen molar-refractivity contribution in [3.05, 3.63) is 29.3 Å². The third-order valence-corrected chi connectivity index (χ3v) is 2.63. The molecule has 0 unspecified atom stereocenters. The molecule has 2 rings (SSSR count). The van der Waals surface area contributed by atoms with Crippen molar-refractivity contribution in [2.75, 3.05) is 7.11 Å². The second-order valence-corrected chi connectivity index (χ2v) is 3.96. The quantitative estimate of drug-likeness (QED) is 0.788. The van der Waals surface area contributed by atoms with Gasteiger partial charge in [-0.1, -0.05) is 12.1 Å². The molecule has 0 amide bonds. The highest BCUT2D eigenvalue weighted by molar-refractivity contribution is 5.36. The highest BCUT2D eigenvalue weighted by Crippen LogP contribution is 2.21. The van der Waals surface area contributed by atoms with E-state index in [-0.39, 0.29) is 0 Å². The molecule has 1 fully saturated rings. The summed E-state index contributed by atoms with van der Waals surface area (Å²) in [6, 6.07) is 7.13. The van der Waals surface area contributed by atoms with Crippen LogP contribution >= 0.6 is 0 Å². The second kappa shape index (κ2) is 4.01. The number of aryl methyl sites for hydroxylation is 1. The Kier molecular flexibility index (Phi) is 2.73. The van der Waals surface area contributed by atoms with Crippen molar-refractivity contribution in [1.29, 1.82) is 0 Å². The van der Waals surface area contributed by atoms with Crippen molar-refractivity contribution in [2.24, 2.45) is 0 Å². The summed E-state index contributed by atoms with van der Waals surface area (Å²) in [5.74, 6) is 0.972. The summed E-state index contributed by atoms with van der Waals surface area (Å²) in [5.41, 5.74) is 2.55. The van der Waals surface area contributed by atoms with E-state index >= 15 is 0 Å². The zero-order valence-corrected chi connectivity index (χ0v) is 8.84. The molecular formula is C12H17NO. The summed E-state index contributed by atoms with van der Waals surface area (Å²) >= 11 is 0. The van der Waals surface area contributed by atoms with Gasteiger partial charge in [-0.25, -0.2) is 0 Å². The molecule has 76 valence electrons. The van der Waals surface area contributed by atoms with Crippen LogP contribution in [0.5, 0.6) is 5.75 Å². The van der Waals surface area contributed by atoms with Gasteiger partial charge in [0.05, 0.1) is 7.11 Å². The lowest BCUT2D eigenvalue weighted by atomic mass is 10.1. The minimum absolute atomic E-state index is 0.775. The molecule has 1 aliphatic carbocycles. The van der Waals surface area contributed by atoms with Gasteiger partial charge >= 0.3 is 0 Å². The molecule has 0 aromatic heterocycles. The molecule has 0 saturated heterocycles. The van der Waals surface area contributed by atoms with Crippen molar-refractivity contribution in [2.45, 2.75) is 32.4 Å². The van der Waals surface area contributed by atoms with E-state index in [4.69, 9.17) is 4.74 Å². The SMILES string of the molecule is COc1ccc(CNC2CC2)cc1C. The van der Waals surface area contributed by atoms with Crippen LogP contribution in [0.25, 0.3) is 0 Å². The van der Waals surface area contributed by atoms with Crippen molar-refractivity contribution in [3.63, 3.8) is 0 Å². The number of ether oxygens (including phenoxy) is 1. The maximum atomic E-state index is 5.22. The molecule has 1 N–H and O–H groups in total. The third kappa shape index (κ3) is 2.26. The first-order valence-electron chi connectivity index (χ1n) is 5.16. The molecule has 0 radical (unpaired) electrons. The third-order valence-electron chi connectivity index (χ3n) is 2.63. The Hall–Kier alpha value is -1.02. The number of nitrogens with one attached hydrogen (secondary N) is 1. The molecule has 1 aromatic carbocycles. The van der Waals surface area contributed by atoms with E-state index in [2.05, 4.69) is 24.4 Å². The van der Waals surface area contributed by atoms with Crippen LogP contribution in [-0.2, 0) is 6.54 Å². The van der Waals surface area contributed by atoms with Crippen molar-refractivity contribution < 1.29 is 4.74 Å². The van der Waals surface area contributed by atoms with E-state index in [0.29, 0.717) is 0 Å². The van der Waals surface area contributed by atoms with E-state index in [0.717, 1.165) is 18.3 Å². The van der Waals surface area contributed by atoms with Crippen molar-refractivity contribution >= 4 is 0 Å². The maximum absolute atomic E-state index is 5.22. The fourth-order valence-electron chi connectivity index (χ4n) is 1.60. The summed E-state index contributed by atoms with van der Waals surface area (Å²) in [4.78, 5) is 0. The van der Waals surface area contributed by atoms with Crippen LogP contribution in [0.2, 0.25) is 0 Å². The van der Waals surface area contributed by atoms with Gasteiger partial charge in [0.25, 0.3) is 0 Å². The molecule has 2 heteroatoms. The van der Waals surface area contributed by atoms with Crippen LogP contribution in [0.1, 0.15) is 24.0 Å². The van der Waals surface area contributed by atoms with E-state index < -0.39 is 0 Å². The Morgan fingerprint density at radius 2 is 2.21 bits per heavy atom. The standard InChI is InChI=1S/C12H17NO/c1-9-7-10(3-6-12(9)14-2)8-13-11-4-5-11/h3,6-7,11,13H,4-5,8H2,1-2H3. The molecule has 0 atom stereocenters. The van der Waals surface area contributed by atoms with E-state index in [1.165, 1.54) is 24.0 Å². The summed E-state index contributed by atoms with van der Waals surface area (Å²) in [6.07, 6.45) is 2.68. The van der Waals surface area contributed by atoms with Crippen LogP contribution in [0.15, 0.2) is 18.2 Å². The minimum atomic E-state index is 0.775. The largest absolute Gasteiger partial charge is 0.496 e. The van der Waals surface area contributed by atoms with Crippen molar-refractivity contribution in [3.8, 4) is 5.75 Å². The smallest absolute Gasteiger partial charge is 0.121 e. The lowest BCUT2D eigenvalue weighted by Gasteiger charge is -2.07. The van der Waals surface area contributed by atoms with E-state index in [1.54, 1.807) is 7.11 Å². The van der Waals surface area contributed by atoms with Gasteiger partial charge in [0, 0.05) is 12.6 Å². The first-order chi connectivity index (χ1) is 6.79. The van der Waals surface area contributed by atoms with E-state index in [1.807, 2.05) is 6.07 Å². The monoisotopic (exact) mass is 191 g/mol. The van der Waals surface area contributed by atoms with Crippen LogP contribution < -0.4 is 10.1 Å². The molecule has 0 heterocycles. The second-order valence-electron chi connectivity index (χ2n) is 3.96. The van der Waals surface area contributed by atoms with Crippen LogP contribution in [0.4, 0.5) is 0 Å². The topological polar surface area (TPSA) is 21.3 Å². The van der Waals surface area contributed by atoms with Gasteiger partial charge in [0.1, 0.15) is 5.75 Å². The fraction of sp³-hybridized carbons (Fsp3) is 0.500. The van der Waals surface area contributed by atoms with Gasteiger partial charge in [-0.3, -0.25) is 0 Å². The molecule has 0 bridgehead atoms. The molecule has 0 spiro atoms. The van der Waals surface area contributed by atoms with Gasteiger partial charge in [-0.05, 0) is 37.0 Å². The predicted octanol–water partition coefficient (Wildman–Crippen LogP) is 2.26. The molecular weight excluding hydrogens is 174 g/mol. The number of hydrogen-bond donors (Lipinski definition) is 1. The fourth-order valence-corrected chi connectivity index (χ4v) is 1.60. The predicted molar refractivity (Wildman–Crippen MR) is 57.6 cm³/mol. The maximum Gasteiger partial charge on any atom is 0.121 e. The highest BCUT2D eigenvalue weighted by atomic mass is 16.5. The van der Waals surface area contributed by atoms with Gasteiger partial charge in [-0.2, -0.15) is 0 Å². The van der Waals surface area contributed by atoms with Crippen LogP contribution in [0, 0.1) is 6.92 Å². The summed E-state index contributed by atoms with van der Waals surface area (Å²) in [5, 5.41) is 3.50. The molecule has 1 aromatic rings. The van der Waals surface area contributed by atoms with Gasteiger partial charge in [0.2, 0.25) is 0 Å². The molecule has 1 aliphatic rings. The van der Waals surface area contributed by atoms with Gasteiger partial charge < -0.3 is 10.1 Å². The average Bonchev–Trinajstić information content (AvgIpc) is 2.98. The van der Waals surface area contributed by atoms with Gasteiger partial charge in [-0.15, -0.1) is 0 Å². The Labute approximate surface area is 85.3 Å². The lowest BCUT2D eigenvalue weighted by molar-refractivity contribution is 0.411.